The molecule has 3 rings (SSSR count). The number of nitrogens with zero attached hydrogens (tertiary/aromatic N) is 2. The maximum absolute atomic E-state index is 12.6. The van der Waals surface area contributed by atoms with Crippen LogP contribution in [0.1, 0.15) is 37.6 Å². The van der Waals surface area contributed by atoms with Gasteiger partial charge < -0.3 is 5.11 Å². The molecule has 0 saturated heterocycles. The fourth-order valence-electron chi connectivity index (χ4n) is 2.49. The van der Waals surface area contributed by atoms with Crippen LogP contribution in [0.25, 0.3) is 6.08 Å². The molecule has 2 N–H and O–H groups in total. The van der Waals surface area contributed by atoms with Gasteiger partial charge >= 0.3 is 5.97 Å². The van der Waals surface area contributed by atoms with Crippen LogP contribution in [0.4, 0.5) is 5.95 Å². The van der Waals surface area contributed by atoms with Gasteiger partial charge in [-0.15, -0.1) is 0 Å². The maximum atomic E-state index is 12.6. The summed E-state index contributed by atoms with van der Waals surface area (Å²) in [7, 11) is -3.62. The van der Waals surface area contributed by atoms with E-state index in [9.17, 15) is 18.0 Å². The van der Waals surface area contributed by atoms with Crippen LogP contribution in [0.15, 0.2) is 5.57 Å². The van der Waals surface area contributed by atoms with Gasteiger partial charge in [-0.3, -0.25) is 10.1 Å². The number of carboxylic acids is 1. The molecule has 1 aromatic rings. The molecule has 2 aliphatic rings. The van der Waals surface area contributed by atoms with E-state index in [2.05, 4.69) is 10.3 Å². The first-order chi connectivity index (χ1) is 10.3. The molecule has 1 heterocycles. The molecule has 0 bridgehead atoms. The number of imidazole rings is 1. The number of hydrogen-bond acceptors (Lipinski definition) is 5. The summed E-state index contributed by atoms with van der Waals surface area (Å²) in [5.41, 5.74) is 0.896. The second-order valence-corrected chi connectivity index (χ2v) is 7.49. The highest BCUT2D eigenvalue weighted by Crippen LogP contribution is 2.35. The number of carboxylic acid groups (broad SMARTS) is 1. The Hall–Kier alpha value is -2.16. The molecule has 0 atom stereocenters. The predicted octanol–water partition coefficient (Wildman–Crippen LogP) is 0.596. The molecule has 118 valence electrons. The lowest BCUT2D eigenvalue weighted by Gasteiger charge is -2.14. The van der Waals surface area contributed by atoms with Gasteiger partial charge in [0.2, 0.25) is 21.9 Å². The first kappa shape index (κ1) is 14.8. The quantitative estimate of drug-likeness (QED) is 0.836. The molecule has 2 aliphatic carbocycles. The van der Waals surface area contributed by atoms with E-state index in [-0.39, 0.29) is 30.1 Å². The van der Waals surface area contributed by atoms with Crippen LogP contribution in [0, 0.1) is 0 Å². The summed E-state index contributed by atoms with van der Waals surface area (Å²) in [5.74, 6) is -1.55. The zero-order chi connectivity index (χ0) is 16.1. The fourth-order valence-corrected chi connectivity index (χ4v) is 4.33. The highest BCUT2D eigenvalue weighted by atomic mass is 32.2. The topological polar surface area (TPSA) is 118 Å². The number of rotatable bonds is 4. The highest BCUT2D eigenvalue weighted by Gasteiger charge is 2.41. The second kappa shape index (κ2) is 4.94. The Kier molecular flexibility index (Phi) is 3.32. The lowest BCUT2D eigenvalue weighted by molar-refractivity contribution is -0.132. The van der Waals surface area contributed by atoms with E-state index in [0.717, 1.165) is 3.97 Å². The molecule has 0 radical (unpaired) electrons. The normalized spacial score (nSPS) is 17.6. The van der Waals surface area contributed by atoms with Gasteiger partial charge in [-0.25, -0.2) is 22.2 Å². The minimum Gasteiger partial charge on any atom is -0.478 e. The third-order valence-corrected chi connectivity index (χ3v) is 5.88. The van der Waals surface area contributed by atoms with Crippen molar-refractivity contribution in [2.24, 2.45) is 0 Å². The summed E-state index contributed by atoms with van der Waals surface area (Å²) in [5, 5.41) is 11.0. The average Bonchev–Trinajstić information content (AvgIpc) is 3.19. The molecule has 1 fully saturated rings. The molecule has 1 saturated carbocycles. The minimum absolute atomic E-state index is 0.0627. The summed E-state index contributed by atoms with van der Waals surface area (Å²) >= 11 is 0. The molecule has 9 heteroatoms. The van der Waals surface area contributed by atoms with Crippen molar-refractivity contribution in [3.8, 4) is 0 Å². The number of nitrogens with one attached hydrogen (secondary N) is 1. The number of fused-ring (bicyclic) bond motifs is 1. The number of hydrogen-bond donors (Lipinski definition) is 2. The fraction of sp³-hybridized carbons (Fsp3) is 0.462. The van der Waals surface area contributed by atoms with Crippen molar-refractivity contribution in [3.05, 3.63) is 17.0 Å². The summed E-state index contributed by atoms with van der Waals surface area (Å²) in [6.45, 7) is 1.26. The van der Waals surface area contributed by atoms with Gasteiger partial charge in [-0.05, 0) is 31.8 Å². The van der Waals surface area contributed by atoms with E-state index in [0.29, 0.717) is 18.5 Å². The number of aliphatic carboxylic acids is 1. The van der Waals surface area contributed by atoms with Crippen molar-refractivity contribution < 1.29 is 23.1 Å². The van der Waals surface area contributed by atoms with Gasteiger partial charge in [-0.1, -0.05) is 0 Å². The van der Waals surface area contributed by atoms with Gasteiger partial charge in [0.15, 0.2) is 0 Å². The summed E-state index contributed by atoms with van der Waals surface area (Å²) in [6.07, 6.45) is 3.03. The van der Waals surface area contributed by atoms with Gasteiger partial charge in [0.05, 0.1) is 16.6 Å². The van der Waals surface area contributed by atoms with E-state index < -0.39 is 27.1 Å². The summed E-state index contributed by atoms with van der Waals surface area (Å²) in [6, 6.07) is 0. The Morgan fingerprint density at radius 3 is 2.59 bits per heavy atom. The van der Waals surface area contributed by atoms with Crippen LogP contribution in [0.5, 0.6) is 0 Å². The molecule has 0 aromatic carbocycles. The molecule has 0 aliphatic heterocycles. The molecule has 0 unspecified atom stereocenters. The number of amides is 1. The third-order valence-electron chi connectivity index (χ3n) is 3.66. The molecular formula is C13H15N3O5S. The van der Waals surface area contributed by atoms with Crippen LogP contribution in [0.2, 0.25) is 0 Å². The Labute approximate surface area is 126 Å². The van der Waals surface area contributed by atoms with Gasteiger partial charge in [0.1, 0.15) is 0 Å². The third kappa shape index (κ3) is 2.41. The molecule has 22 heavy (non-hydrogen) atoms. The average molecular weight is 325 g/mol. The smallest absolute Gasteiger partial charge is 0.331 e. The molecule has 1 aromatic heterocycles. The Bertz CT molecular complexity index is 802. The molecule has 8 nitrogen and oxygen atoms in total. The zero-order valence-corrected chi connectivity index (χ0v) is 12.7. The van der Waals surface area contributed by atoms with Crippen LogP contribution < -0.4 is 5.32 Å². The van der Waals surface area contributed by atoms with Crippen molar-refractivity contribution in [2.75, 3.05) is 5.32 Å². The maximum Gasteiger partial charge on any atom is 0.331 e. The second-order valence-electron chi connectivity index (χ2n) is 5.43. The number of anilines is 1. The van der Waals surface area contributed by atoms with Gasteiger partial charge in [0.25, 0.3) is 0 Å². The SMILES string of the molecule is CC(=O)Nc1nc2c(n1S(=O)(=O)C1CC1)CCC(C(=O)O)=C2. The summed E-state index contributed by atoms with van der Waals surface area (Å²) < 4.78 is 26.2. The van der Waals surface area contributed by atoms with Crippen molar-refractivity contribution in [1.29, 1.82) is 0 Å². The zero-order valence-electron chi connectivity index (χ0n) is 11.9. The Balaban J connectivity index is 2.16. The highest BCUT2D eigenvalue weighted by molar-refractivity contribution is 7.91. The molecule has 0 spiro atoms. The van der Waals surface area contributed by atoms with E-state index in [1.54, 1.807) is 0 Å². The Morgan fingerprint density at radius 1 is 1.36 bits per heavy atom. The van der Waals surface area contributed by atoms with Crippen LogP contribution >= 0.6 is 0 Å². The lowest BCUT2D eigenvalue weighted by atomic mass is 10.0. The first-order valence-electron chi connectivity index (χ1n) is 6.88. The van der Waals surface area contributed by atoms with Crippen molar-refractivity contribution >= 4 is 33.9 Å². The van der Waals surface area contributed by atoms with E-state index in [4.69, 9.17) is 5.11 Å². The number of aromatic nitrogens is 2. The molecule has 1 amide bonds. The van der Waals surface area contributed by atoms with Crippen molar-refractivity contribution in [3.63, 3.8) is 0 Å². The largest absolute Gasteiger partial charge is 0.478 e. The standard InChI is InChI=1S/C13H15N3O5S/c1-7(17)14-13-15-10-6-8(12(18)19)2-5-11(10)16(13)22(20,21)9-3-4-9/h6,9H,2-5H2,1H3,(H,18,19)(H,14,15,17). The van der Waals surface area contributed by atoms with E-state index >= 15 is 0 Å². The number of carbonyl (C=O) groups is 2. The summed E-state index contributed by atoms with van der Waals surface area (Å²) in [4.78, 5) is 26.5. The minimum atomic E-state index is -3.62. The van der Waals surface area contributed by atoms with Crippen LogP contribution in [-0.2, 0) is 26.0 Å². The van der Waals surface area contributed by atoms with E-state index in [1.165, 1.54) is 13.0 Å². The van der Waals surface area contributed by atoms with Crippen molar-refractivity contribution in [2.45, 2.75) is 37.9 Å². The van der Waals surface area contributed by atoms with Crippen LogP contribution in [-0.4, -0.2) is 39.6 Å². The lowest BCUT2D eigenvalue weighted by Crippen LogP contribution is -2.24. The Morgan fingerprint density at radius 2 is 2.05 bits per heavy atom. The predicted molar refractivity (Wildman–Crippen MR) is 77.8 cm³/mol. The monoisotopic (exact) mass is 325 g/mol. The molecular weight excluding hydrogens is 310 g/mol. The van der Waals surface area contributed by atoms with Crippen LogP contribution in [0.3, 0.4) is 0 Å². The van der Waals surface area contributed by atoms with Gasteiger partial charge in [-0.2, -0.15) is 0 Å². The number of carbonyl (C=O) groups excluding carboxylic acids is 1. The van der Waals surface area contributed by atoms with E-state index in [1.807, 2.05) is 0 Å². The van der Waals surface area contributed by atoms with Crippen molar-refractivity contribution in [1.82, 2.24) is 8.96 Å². The van der Waals surface area contributed by atoms with Gasteiger partial charge in [0, 0.05) is 12.5 Å². The first-order valence-corrected chi connectivity index (χ1v) is 8.38.